The van der Waals surface area contributed by atoms with Crippen LogP contribution in [0.4, 0.5) is 4.79 Å². The lowest BCUT2D eigenvalue weighted by molar-refractivity contribution is 0.161. The van der Waals surface area contributed by atoms with Crippen molar-refractivity contribution < 1.29 is 14.3 Å². The van der Waals surface area contributed by atoms with Crippen LogP contribution in [0.25, 0.3) is 0 Å². The normalized spacial score (nSPS) is 18.2. The molecule has 0 saturated carbocycles. The molecule has 0 spiro atoms. The number of amides is 1. The number of carbonyl (C=O) groups excluding carboxylic acids is 1. The highest BCUT2D eigenvalue weighted by Gasteiger charge is 2.23. The van der Waals surface area contributed by atoms with E-state index in [1.165, 1.54) is 7.11 Å². The maximum atomic E-state index is 11.2. The van der Waals surface area contributed by atoms with Gasteiger partial charge >= 0.3 is 6.09 Å². The average molecular weight is 286 g/mol. The Morgan fingerprint density at radius 2 is 2.44 bits per heavy atom. The number of hydrogen-bond acceptors (Lipinski definition) is 3. The molecule has 0 radical (unpaired) electrons. The maximum Gasteiger partial charge on any atom is 0.407 e. The fourth-order valence-corrected chi connectivity index (χ4v) is 2.05. The molecule has 0 aliphatic carbocycles. The Morgan fingerprint density at radius 3 is 3.19 bits per heavy atom. The molecule has 4 nitrogen and oxygen atoms in total. The molecule has 1 aromatic rings. The van der Waals surface area contributed by atoms with Crippen LogP contribution in [0.2, 0.25) is 0 Å². The summed E-state index contributed by atoms with van der Waals surface area (Å²) in [6.07, 6.45) is 0.338. The summed E-state index contributed by atoms with van der Waals surface area (Å²) in [4.78, 5) is 11.2. The van der Waals surface area contributed by atoms with Crippen molar-refractivity contribution in [3.8, 4) is 5.75 Å². The first-order chi connectivity index (χ1) is 7.70. The van der Waals surface area contributed by atoms with Gasteiger partial charge in [0.05, 0.1) is 19.8 Å². The second-order valence-electron chi connectivity index (χ2n) is 3.51. The van der Waals surface area contributed by atoms with E-state index in [0.717, 1.165) is 22.2 Å². The number of nitrogens with one attached hydrogen (secondary N) is 1. The number of halogens is 1. The number of ether oxygens (including phenoxy) is 2. The molecule has 1 aliphatic rings. The molecule has 86 valence electrons. The van der Waals surface area contributed by atoms with Crippen molar-refractivity contribution in [1.82, 2.24) is 5.32 Å². The molecule has 16 heavy (non-hydrogen) atoms. The van der Waals surface area contributed by atoms with E-state index >= 15 is 0 Å². The smallest absolute Gasteiger partial charge is 0.407 e. The van der Waals surface area contributed by atoms with Crippen molar-refractivity contribution in [3.05, 3.63) is 28.2 Å². The number of hydrogen-bond donors (Lipinski definition) is 1. The molecule has 1 amide bonds. The van der Waals surface area contributed by atoms with Crippen molar-refractivity contribution in [2.45, 2.75) is 12.5 Å². The minimum Gasteiger partial charge on any atom is -0.493 e. The molecule has 2 rings (SSSR count). The number of rotatable bonds is 1. The highest BCUT2D eigenvalue weighted by molar-refractivity contribution is 9.10. The van der Waals surface area contributed by atoms with E-state index in [2.05, 4.69) is 26.0 Å². The topological polar surface area (TPSA) is 47.6 Å². The number of alkyl carbamates (subject to hydrolysis) is 1. The van der Waals surface area contributed by atoms with E-state index in [4.69, 9.17) is 4.74 Å². The molecular formula is C11H12BrNO3. The van der Waals surface area contributed by atoms with Gasteiger partial charge in [-0.3, -0.25) is 0 Å². The van der Waals surface area contributed by atoms with Gasteiger partial charge in [-0.1, -0.05) is 22.0 Å². The number of carbonyl (C=O) groups is 1. The van der Waals surface area contributed by atoms with E-state index < -0.39 is 6.09 Å². The molecule has 5 heteroatoms. The standard InChI is InChI=1S/C11H12BrNO3/c1-15-11(14)13-9-4-5-16-10-6-7(12)2-3-8(9)10/h2-3,6,9H,4-5H2,1H3,(H,13,14). The zero-order chi connectivity index (χ0) is 11.5. The third-order valence-electron chi connectivity index (χ3n) is 2.49. The second-order valence-corrected chi connectivity index (χ2v) is 4.42. The third kappa shape index (κ3) is 2.29. The number of benzene rings is 1. The Kier molecular flexibility index (Phi) is 3.33. The summed E-state index contributed by atoms with van der Waals surface area (Å²) in [5.41, 5.74) is 0.986. The van der Waals surface area contributed by atoms with Gasteiger partial charge in [0.25, 0.3) is 0 Å². The molecule has 0 bridgehead atoms. The fraction of sp³-hybridized carbons (Fsp3) is 0.364. The van der Waals surface area contributed by atoms with Crippen LogP contribution in [0.1, 0.15) is 18.0 Å². The largest absolute Gasteiger partial charge is 0.493 e. The molecule has 1 aromatic carbocycles. The van der Waals surface area contributed by atoms with Crippen molar-refractivity contribution in [1.29, 1.82) is 0 Å². The lowest BCUT2D eigenvalue weighted by Crippen LogP contribution is -2.31. The van der Waals surface area contributed by atoms with E-state index in [-0.39, 0.29) is 6.04 Å². The summed E-state index contributed by atoms with van der Waals surface area (Å²) in [5.74, 6) is 0.807. The van der Waals surface area contributed by atoms with Crippen molar-refractivity contribution in [2.75, 3.05) is 13.7 Å². The Bertz CT molecular complexity index is 408. The van der Waals surface area contributed by atoms with Crippen LogP contribution in [-0.4, -0.2) is 19.8 Å². The van der Waals surface area contributed by atoms with Crippen molar-refractivity contribution >= 4 is 22.0 Å². The summed E-state index contributed by atoms with van der Waals surface area (Å²) in [5, 5.41) is 2.79. The quantitative estimate of drug-likeness (QED) is 0.863. The van der Waals surface area contributed by atoms with Crippen molar-refractivity contribution in [3.63, 3.8) is 0 Å². The van der Waals surface area contributed by atoms with Crippen LogP contribution >= 0.6 is 15.9 Å². The minimum absolute atomic E-state index is 0.0377. The van der Waals surface area contributed by atoms with Gasteiger partial charge in [0.2, 0.25) is 0 Å². The van der Waals surface area contributed by atoms with E-state index in [0.29, 0.717) is 6.61 Å². The number of fused-ring (bicyclic) bond motifs is 1. The zero-order valence-electron chi connectivity index (χ0n) is 8.83. The first-order valence-electron chi connectivity index (χ1n) is 4.97. The van der Waals surface area contributed by atoms with Crippen LogP contribution < -0.4 is 10.1 Å². The van der Waals surface area contributed by atoms with E-state index in [1.807, 2.05) is 18.2 Å². The van der Waals surface area contributed by atoms with Gasteiger partial charge in [0.15, 0.2) is 0 Å². The van der Waals surface area contributed by atoms with Crippen LogP contribution in [0, 0.1) is 0 Å². The van der Waals surface area contributed by atoms with Crippen molar-refractivity contribution in [2.24, 2.45) is 0 Å². The predicted octanol–water partition coefficient (Wildman–Crippen LogP) is 2.63. The van der Waals surface area contributed by atoms with E-state index in [9.17, 15) is 4.79 Å². The molecule has 0 aromatic heterocycles. The van der Waals surface area contributed by atoms with Crippen LogP contribution in [-0.2, 0) is 4.74 Å². The van der Waals surface area contributed by atoms with Gasteiger partial charge in [-0.05, 0) is 12.1 Å². The monoisotopic (exact) mass is 285 g/mol. The van der Waals surface area contributed by atoms with Crippen LogP contribution in [0.3, 0.4) is 0 Å². The molecule has 1 atom stereocenters. The summed E-state index contributed by atoms with van der Waals surface area (Å²) in [6, 6.07) is 5.74. The summed E-state index contributed by atoms with van der Waals surface area (Å²) >= 11 is 3.38. The van der Waals surface area contributed by atoms with Gasteiger partial charge in [0.1, 0.15) is 5.75 Å². The Hall–Kier alpha value is -1.23. The Morgan fingerprint density at radius 1 is 1.62 bits per heavy atom. The second kappa shape index (κ2) is 4.74. The molecular weight excluding hydrogens is 274 g/mol. The highest BCUT2D eigenvalue weighted by atomic mass is 79.9. The summed E-state index contributed by atoms with van der Waals surface area (Å²) < 4.78 is 11.1. The molecule has 0 saturated heterocycles. The molecule has 0 fully saturated rings. The van der Waals surface area contributed by atoms with E-state index in [1.54, 1.807) is 0 Å². The SMILES string of the molecule is COC(=O)NC1CCOc2cc(Br)ccc21. The first-order valence-corrected chi connectivity index (χ1v) is 5.76. The Balaban J connectivity index is 2.23. The van der Waals surface area contributed by atoms with Gasteiger partial charge < -0.3 is 14.8 Å². The predicted molar refractivity (Wildman–Crippen MR) is 62.5 cm³/mol. The van der Waals surface area contributed by atoms with Gasteiger partial charge in [-0.2, -0.15) is 0 Å². The van der Waals surface area contributed by atoms with Crippen LogP contribution in [0.5, 0.6) is 5.75 Å². The van der Waals surface area contributed by atoms with Crippen LogP contribution in [0.15, 0.2) is 22.7 Å². The van der Waals surface area contributed by atoms with Gasteiger partial charge in [-0.15, -0.1) is 0 Å². The molecule has 1 N–H and O–H groups in total. The Labute approximate surface area is 102 Å². The molecule has 1 aliphatic heterocycles. The zero-order valence-corrected chi connectivity index (χ0v) is 10.4. The van der Waals surface area contributed by atoms with Gasteiger partial charge in [0, 0.05) is 16.5 Å². The first kappa shape index (κ1) is 11.3. The highest BCUT2D eigenvalue weighted by Crippen LogP contribution is 2.34. The fourth-order valence-electron chi connectivity index (χ4n) is 1.71. The average Bonchev–Trinajstić information content (AvgIpc) is 2.28. The summed E-state index contributed by atoms with van der Waals surface area (Å²) in [7, 11) is 1.36. The number of methoxy groups -OCH3 is 1. The molecule has 1 heterocycles. The maximum absolute atomic E-state index is 11.2. The van der Waals surface area contributed by atoms with Gasteiger partial charge in [-0.25, -0.2) is 4.79 Å². The summed E-state index contributed by atoms with van der Waals surface area (Å²) in [6.45, 7) is 0.595. The molecule has 1 unspecified atom stereocenters. The third-order valence-corrected chi connectivity index (χ3v) is 2.99. The lowest BCUT2D eigenvalue weighted by Gasteiger charge is -2.26. The minimum atomic E-state index is -0.416. The lowest BCUT2D eigenvalue weighted by atomic mass is 10.0.